The Morgan fingerprint density at radius 2 is 1.45 bits per heavy atom. The zero-order valence-electron chi connectivity index (χ0n) is 28.3. The highest BCUT2D eigenvalue weighted by Crippen LogP contribution is 2.38. The number of aromatic nitrogens is 3. The van der Waals surface area contributed by atoms with Gasteiger partial charge < -0.3 is 30.1 Å². The number of carboxylic acid groups (broad SMARTS) is 2. The monoisotopic (exact) mass is 822 g/mol. The Bertz CT molecular complexity index is 2030. The lowest BCUT2D eigenvalue weighted by Crippen LogP contribution is -2.51. The Kier molecular flexibility index (Phi) is 12.8. The van der Waals surface area contributed by atoms with E-state index in [1.54, 1.807) is 17.2 Å². The summed E-state index contributed by atoms with van der Waals surface area (Å²) in [5, 5.41) is 20.6. The van der Waals surface area contributed by atoms with E-state index in [-0.39, 0.29) is 35.1 Å². The molecule has 5 heterocycles. The van der Waals surface area contributed by atoms with E-state index in [0.29, 0.717) is 59.8 Å². The molecule has 0 saturated carbocycles. The third-order valence-electron chi connectivity index (χ3n) is 8.93. The van der Waals surface area contributed by atoms with Crippen molar-refractivity contribution in [2.75, 3.05) is 37.0 Å². The number of pyridine rings is 1. The standard InChI is InChI=1S/C30H29Cl2FN6O2.2C2HF3O2/c31-13-24(40)38-11-9-20(10-12-38)41-30-36-28-22(29(37-30)39-15-18-7-8-19(16-39)35-18)14-34-27(26(28)33)21-5-1-3-17-4-2-6-23(32)25(17)21;2*3-2(4,5)1(6)7/h1-6,14,18-20,35H,7-13,15-16H2;2*(H,6,7)/t18-,19+;;. The average molecular weight is 824 g/mol. The van der Waals surface area contributed by atoms with Crippen LogP contribution in [0.15, 0.2) is 42.6 Å². The van der Waals surface area contributed by atoms with Crippen LogP contribution in [0.25, 0.3) is 32.9 Å². The van der Waals surface area contributed by atoms with Gasteiger partial charge in [0.05, 0.1) is 5.39 Å². The van der Waals surface area contributed by atoms with Gasteiger partial charge in [0.1, 0.15) is 29.0 Å². The van der Waals surface area contributed by atoms with Crippen LogP contribution < -0.4 is 15.0 Å². The largest absolute Gasteiger partial charge is 0.490 e. The Labute approximate surface area is 317 Å². The number of anilines is 1. The Hall–Kier alpha value is -4.75. The third kappa shape index (κ3) is 9.93. The van der Waals surface area contributed by atoms with Crippen LogP contribution in [0.2, 0.25) is 5.02 Å². The quantitative estimate of drug-likeness (QED) is 0.150. The van der Waals surface area contributed by atoms with E-state index in [0.717, 1.165) is 36.7 Å². The Morgan fingerprint density at radius 3 is 2.00 bits per heavy atom. The van der Waals surface area contributed by atoms with Crippen molar-refractivity contribution in [2.24, 2.45) is 0 Å². The molecule has 3 fully saturated rings. The van der Waals surface area contributed by atoms with Gasteiger partial charge in [-0.25, -0.2) is 14.0 Å². The molecule has 0 aliphatic carbocycles. The number of alkyl halides is 7. The van der Waals surface area contributed by atoms with Crippen LogP contribution in [0.5, 0.6) is 6.01 Å². The number of aliphatic carboxylic acids is 2. The number of fused-ring (bicyclic) bond motifs is 4. The van der Waals surface area contributed by atoms with Crippen molar-refractivity contribution < 1.29 is 60.1 Å². The third-order valence-corrected chi connectivity index (χ3v) is 9.48. The number of ether oxygens (including phenoxy) is 1. The fraction of sp³-hybridized carbons (Fsp3) is 0.412. The smallest absolute Gasteiger partial charge is 0.475 e. The minimum Gasteiger partial charge on any atom is -0.475 e. The van der Waals surface area contributed by atoms with E-state index in [2.05, 4.69) is 20.2 Å². The highest BCUT2D eigenvalue weighted by atomic mass is 35.5. The molecular formula is C34H31Cl2F7N6O6. The van der Waals surface area contributed by atoms with Crippen LogP contribution in [0, 0.1) is 5.82 Å². The maximum absolute atomic E-state index is 16.5. The van der Waals surface area contributed by atoms with Crippen LogP contribution >= 0.6 is 23.2 Å². The lowest BCUT2D eigenvalue weighted by atomic mass is 10.0. The molecule has 7 rings (SSSR count). The molecule has 3 aliphatic rings. The van der Waals surface area contributed by atoms with Gasteiger partial charge in [0.15, 0.2) is 5.82 Å². The van der Waals surface area contributed by atoms with Gasteiger partial charge in [-0.1, -0.05) is 41.9 Å². The van der Waals surface area contributed by atoms with E-state index in [9.17, 15) is 31.1 Å². The number of nitrogens with one attached hydrogen (secondary N) is 1. The summed E-state index contributed by atoms with van der Waals surface area (Å²) in [5.41, 5.74) is 0.950. The Balaban J connectivity index is 0.000000355. The minimum atomic E-state index is -5.08. The summed E-state index contributed by atoms with van der Waals surface area (Å²) in [6.07, 6.45) is -5.24. The first-order chi connectivity index (χ1) is 25.9. The number of benzene rings is 2. The van der Waals surface area contributed by atoms with Crippen LogP contribution in [0.1, 0.15) is 25.7 Å². The Morgan fingerprint density at radius 1 is 0.891 bits per heavy atom. The van der Waals surface area contributed by atoms with Crippen LogP contribution in [0.3, 0.4) is 0 Å². The van der Waals surface area contributed by atoms with Gasteiger partial charge in [0, 0.05) is 73.3 Å². The molecule has 4 aromatic rings. The highest BCUT2D eigenvalue weighted by Gasteiger charge is 2.39. The number of carbonyl (C=O) groups is 3. The van der Waals surface area contributed by atoms with Gasteiger partial charge >= 0.3 is 30.3 Å². The molecule has 21 heteroatoms. The molecule has 2 aromatic heterocycles. The zero-order valence-corrected chi connectivity index (χ0v) is 29.8. The summed E-state index contributed by atoms with van der Waals surface area (Å²) >= 11 is 12.3. The molecule has 55 heavy (non-hydrogen) atoms. The molecule has 3 N–H and O–H groups in total. The number of halogens is 9. The summed E-state index contributed by atoms with van der Waals surface area (Å²) in [4.78, 5) is 47.8. The maximum atomic E-state index is 16.5. The van der Waals surface area contributed by atoms with Crippen LogP contribution in [0.4, 0.5) is 36.6 Å². The van der Waals surface area contributed by atoms with E-state index < -0.39 is 30.1 Å². The number of nitrogens with zero attached hydrogens (tertiary/aromatic N) is 5. The van der Waals surface area contributed by atoms with Crippen molar-refractivity contribution in [2.45, 2.75) is 56.2 Å². The number of rotatable bonds is 5. The van der Waals surface area contributed by atoms with Crippen molar-refractivity contribution in [3.63, 3.8) is 0 Å². The summed E-state index contributed by atoms with van der Waals surface area (Å²) < 4.78 is 86.3. The first-order valence-corrected chi connectivity index (χ1v) is 17.4. The molecule has 1 amide bonds. The fourth-order valence-electron chi connectivity index (χ4n) is 6.42. The van der Waals surface area contributed by atoms with Crippen molar-refractivity contribution in [3.05, 3.63) is 53.4 Å². The van der Waals surface area contributed by atoms with Crippen molar-refractivity contribution in [3.8, 4) is 17.3 Å². The first-order valence-electron chi connectivity index (χ1n) is 16.5. The van der Waals surface area contributed by atoms with Crippen molar-refractivity contribution in [1.82, 2.24) is 25.2 Å². The van der Waals surface area contributed by atoms with Crippen LogP contribution in [-0.2, 0) is 14.4 Å². The molecule has 2 bridgehead atoms. The number of piperidine rings is 1. The second-order valence-electron chi connectivity index (χ2n) is 12.6. The predicted octanol–water partition coefficient (Wildman–Crippen LogP) is 6.45. The number of piperazine rings is 1. The number of likely N-dealkylation sites (tertiary alicyclic amines) is 1. The highest BCUT2D eigenvalue weighted by molar-refractivity contribution is 6.36. The molecular weight excluding hydrogens is 792 g/mol. The molecule has 296 valence electrons. The molecule has 2 atom stereocenters. The van der Waals surface area contributed by atoms with Gasteiger partial charge in [0.2, 0.25) is 5.91 Å². The topological polar surface area (TPSA) is 158 Å². The van der Waals surface area contributed by atoms with Gasteiger partial charge in [0.25, 0.3) is 0 Å². The van der Waals surface area contributed by atoms with Gasteiger partial charge in [-0.15, -0.1) is 11.6 Å². The molecule has 0 radical (unpaired) electrons. The lowest BCUT2D eigenvalue weighted by Gasteiger charge is -2.34. The van der Waals surface area contributed by atoms with E-state index >= 15 is 4.39 Å². The van der Waals surface area contributed by atoms with Gasteiger partial charge in [-0.05, 0) is 24.3 Å². The van der Waals surface area contributed by atoms with Gasteiger partial charge in [-0.3, -0.25) is 9.78 Å². The second-order valence-corrected chi connectivity index (χ2v) is 13.3. The fourth-order valence-corrected chi connectivity index (χ4v) is 6.87. The maximum Gasteiger partial charge on any atom is 0.490 e. The SMILES string of the molecule is O=C(CCl)N1CCC(Oc2nc(N3C[C@H]4CC[C@@H](C3)N4)c3cnc(-c4cccc5cccc(Cl)c45)c(F)c3n2)CC1.O=C(O)C(F)(F)F.O=C(O)C(F)(F)F. The predicted molar refractivity (Wildman–Crippen MR) is 186 cm³/mol. The second kappa shape index (κ2) is 16.9. The number of amides is 1. The summed E-state index contributed by atoms with van der Waals surface area (Å²) in [7, 11) is 0. The van der Waals surface area contributed by atoms with Crippen LogP contribution in [-0.4, -0.2) is 111 Å². The first kappa shape index (κ1) is 41.4. The molecule has 12 nitrogen and oxygen atoms in total. The summed E-state index contributed by atoms with van der Waals surface area (Å²) in [6, 6.07) is 12.1. The molecule has 3 saturated heterocycles. The van der Waals surface area contributed by atoms with Crippen molar-refractivity contribution in [1.29, 1.82) is 0 Å². The minimum absolute atomic E-state index is 0.0348. The molecule has 0 spiro atoms. The normalized spacial score (nSPS) is 18.6. The molecule has 0 unspecified atom stereocenters. The lowest BCUT2D eigenvalue weighted by molar-refractivity contribution is -0.193. The number of hydrogen-bond donors (Lipinski definition) is 3. The van der Waals surface area contributed by atoms with E-state index in [1.165, 1.54) is 0 Å². The van der Waals surface area contributed by atoms with E-state index in [4.69, 9.17) is 52.7 Å². The number of carboxylic acids is 2. The number of hydrogen-bond acceptors (Lipinski definition) is 9. The van der Waals surface area contributed by atoms with Crippen molar-refractivity contribution >= 4 is 68.5 Å². The zero-order chi connectivity index (χ0) is 40.2. The summed E-state index contributed by atoms with van der Waals surface area (Å²) in [6.45, 7) is 2.62. The number of carbonyl (C=O) groups excluding carboxylic acids is 1. The average Bonchev–Trinajstić information content (AvgIpc) is 3.48. The van der Waals surface area contributed by atoms with Gasteiger partial charge in [-0.2, -0.15) is 36.3 Å². The molecule has 2 aromatic carbocycles. The summed E-state index contributed by atoms with van der Waals surface area (Å²) in [5.74, 6) is -5.54. The molecule has 3 aliphatic heterocycles. The van der Waals surface area contributed by atoms with E-state index in [1.807, 2.05) is 30.3 Å².